The van der Waals surface area contributed by atoms with Gasteiger partial charge in [-0.3, -0.25) is 4.79 Å². The number of carbonyl (C=O) groups is 1. The molecule has 1 N–H and O–H groups in total. The van der Waals surface area contributed by atoms with Gasteiger partial charge in [-0.25, -0.2) is 4.39 Å². The largest absolute Gasteiger partial charge is 0.416 e. The fourth-order valence-corrected chi connectivity index (χ4v) is 3.72. The predicted octanol–water partition coefficient (Wildman–Crippen LogP) is 7.39. The van der Waals surface area contributed by atoms with Crippen molar-refractivity contribution in [2.45, 2.75) is 51.5 Å². The Kier molecular flexibility index (Phi) is 16.1. The van der Waals surface area contributed by atoms with Crippen molar-refractivity contribution in [2.75, 3.05) is 40.0 Å². The van der Waals surface area contributed by atoms with E-state index in [4.69, 9.17) is 9.47 Å². The van der Waals surface area contributed by atoms with Crippen molar-refractivity contribution in [3.8, 4) is 0 Å². The zero-order valence-corrected chi connectivity index (χ0v) is 23.6. The average Bonchev–Trinajstić information content (AvgIpc) is 2.94. The minimum absolute atomic E-state index is 0.00565. The Balaban J connectivity index is 0.000000314. The number of hydrogen-bond acceptors (Lipinski definition) is 6. The molecule has 0 aromatic heterocycles. The van der Waals surface area contributed by atoms with Gasteiger partial charge in [0.1, 0.15) is 19.0 Å². The molecule has 42 heavy (non-hydrogen) atoms. The van der Waals surface area contributed by atoms with Crippen LogP contribution in [0.1, 0.15) is 53.5 Å². The van der Waals surface area contributed by atoms with Crippen LogP contribution in [-0.2, 0) is 33.2 Å². The van der Waals surface area contributed by atoms with Gasteiger partial charge < -0.3 is 14.8 Å². The van der Waals surface area contributed by atoms with Crippen LogP contribution in [0.2, 0.25) is 0 Å². The van der Waals surface area contributed by atoms with E-state index in [-0.39, 0.29) is 24.3 Å². The minimum Gasteiger partial charge on any atom is -0.381 e. The number of alkyl halides is 6. The molecule has 13 heteroatoms. The Bertz CT molecular complexity index is 1110. The number of hydrogen-bond donors (Lipinski definition) is 1. The molecular formula is C29H35F7N2O4. The van der Waals surface area contributed by atoms with Gasteiger partial charge in [0.15, 0.2) is 5.78 Å². The van der Waals surface area contributed by atoms with Gasteiger partial charge in [0, 0.05) is 12.5 Å². The van der Waals surface area contributed by atoms with Crippen molar-refractivity contribution >= 4 is 5.78 Å². The zero-order valence-electron chi connectivity index (χ0n) is 23.6. The first kappa shape index (κ1) is 36.9. The first-order valence-corrected chi connectivity index (χ1v) is 13.1. The Morgan fingerprint density at radius 2 is 1.62 bits per heavy atom. The van der Waals surface area contributed by atoms with Gasteiger partial charge in [0.2, 0.25) is 0 Å². The summed E-state index contributed by atoms with van der Waals surface area (Å²) in [4.78, 5) is 20.1. The van der Waals surface area contributed by atoms with Crippen LogP contribution in [-0.4, -0.2) is 45.8 Å². The monoisotopic (exact) mass is 608 g/mol. The predicted molar refractivity (Wildman–Crippen MR) is 144 cm³/mol. The molecule has 2 aliphatic heterocycles. The van der Waals surface area contributed by atoms with Crippen molar-refractivity contribution in [2.24, 2.45) is 5.18 Å². The van der Waals surface area contributed by atoms with Gasteiger partial charge in [0.05, 0.1) is 24.3 Å². The first-order valence-electron chi connectivity index (χ1n) is 13.1. The van der Waals surface area contributed by atoms with E-state index in [1.165, 1.54) is 11.6 Å². The Morgan fingerprint density at radius 1 is 1.00 bits per heavy atom. The standard InChI is InChI=1S/C12H15FO.C9H5F6NO.C5H6O2.C3H9N/c1-9-7-11(13)4-5-12(9)10-3-2-6-14-8-10;10-8(11,12)6-1-5(4-16-17)2-7(3-6)9(13,14)15;6-5-2-1-3-7-4-5;1-3-4-2/h4-5,7,10H,2-3,6,8H2,1H3;1-3H,4H2;1-2H,3-4H2;4H,3H2,1-2H3. The van der Waals surface area contributed by atoms with E-state index >= 15 is 0 Å². The number of nitrogens with zero attached hydrogens (tertiary/aromatic N) is 1. The highest BCUT2D eigenvalue weighted by Crippen LogP contribution is 2.36. The Morgan fingerprint density at radius 3 is 2.00 bits per heavy atom. The second-order valence-corrected chi connectivity index (χ2v) is 9.21. The highest BCUT2D eigenvalue weighted by atomic mass is 19.4. The lowest BCUT2D eigenvalue weighted by molar-refractivity contribution is -0.143. The fraction of sp³-hybridized carbons (Fsp3) is 0.483. The maximum atomic E-state index is 12.9. The number of nitroso groups, excluding NO2 is 1. The summed E-state index contributed by atoms with van der Waals surface area (Å²) in [6.45, 7) is 6.87. The van der Waals surface area contributed by atoms with Crippen LogP contribution < -0.4 is 5.32 Å². The van der Waals surface area contributed by atoms with Crippen molar-refractivity contribution in [3.63, 3.8) is 0 Å². The van der Waals surface area contributed by atoms with Gasteiger partial charge in [-0.2, -0.15) is 31.2 Å². The van der Waals surface area contributed by atoms with Crippen LogP contribution in [0.4, 0.5) is 30.7 Å². The first-order chi connectivity index (χ1) is 19.7. The van der Waals surface area contributed by atoms with Gasteiger partial charge in [-0.05, 0) is 86.5 Å². The average molecular weight is 609 g/mol. The van der Waals surface area contributed by atoms with E-state index in [9.17, 15) is 40.4 Å². The minimum atomic E-state index is -4.90. The maximum Gasteiger partial charge on any atom is 0.416 e. The lowest BCUT2D eigenvalue weighted by atomic mass is 9.90. The van der Waals surface area contributed by atoms with Crippen molar-refractivity contribution in [3.05, 3.63) is 87.1 Å². The summed E-state index contributed by atoms with van der Waals surface area (Å²) < 4.78 is 96.9. The lowest BCUT2D eigenvalue weighted by Gasteiger charge is -2.23. The van der Waals surface area contributed by atoms with Gasteiger partial charge >= 0.3 is 12.4 Å². The summed E-state index contributed by atoms with van der Waals surface area (Å²) in [5.41, 5.74) is -1.05. The molecule has 0 radical (unpaired) electrons. The second-order valence-electron chi connectivity index (χ2n) is 9.21. The molecule has 2 aromatic carbocycles. The topological polar surface area (TPSA) is 77.0 Å². The van der Waals surface area contributed by atoms with Crippen LogP contribution in [0.25, 0.3) is 0 Å². The van der Waals surface area contributed by atoms with Gasteiger partial charge in [-0.15, -0.1) is 0 Å². The molecule has 2 aliphatic rings. The Labute approximate surface area is 240 Å². The van der Waals surface area contributed by atoms with Crippen LogP contribution in [0, 0.1) is 17.6 Å². The van der Waals surface area contributed by atoms with E-state index in [0.29, 0.717) is 24.7 Å². The van der Waals surface area contributed by atoms with Crippen LogP contribution in [0.15, 0.2) is 53.7 Å². The molecule has 2 aromatic rings. The summed E-state index contributed by atoms with van der Waals surface area (Å²) in [6.07, 6.45) is -4.28. The number of carbonyl (C=O) groups excluding carboxylic acids is 1. The van der Waals surface area contributed by atoms with Crippen molar-refractivity contribution in [1.82, 2.24) is 5.32 Å². The number of halogens is 7. The summed E-state index contributed by atoms with van der Waals surface area (Å²) in [5.74, 6) is 0.374. The summed E-state index contributed by atoms with van der Waals surface area (Å²) in [6, 6.07) is 5.96. The third-order valence-electron chi connectivity index (χ3n) is 5.84. The quantitative estimate of drug-likeness (QED) is 0.290. The molecule has 1 fully saturated rings. The molecule has 6 nitrogen and oxygen atoms in total. The van der Waals surface area contributed by atoms with Gasteiger partial charge in [0.25, 0.3) is 0 Å². The molecule has 1 atom stereocenters. The number of ether oxygens (including phenoxy) is 2. The van der Waals surface area contributed by atoms with Crippen molar-refractivity contribution in [1.29, 1.82) is 0 Å². The molecule has 234 valence electrons. The lowest BCUT2D eigenvalue weighted by Crippen LogP contribution is -2.16. The van der Waals surface area contributed by atoms with E-state index < -0.39 is 35.6 Å². The normalized spacial score (nSPS) is 16.6. The molecule has 2 heterocycles. The number of benzene rings is 2. The molecule has 4 rings (SSSR count). The SMILES string of the molecule is CCNC.Cc1cc(F)ccc1C1CCCOC1.O=C1C=CCOC1.O=NCc1cc(C(F)(F)F)cc(C(F)(F)F)c1. The number of nitrogens with one attached hydrogen (secondary N) is 1. The molecule has 0 bridgehead atoms. The zero-order chi connectivity index (χ0) is 31.8. The number of aryl methyl sites for hydroxylation is 1. The summed E-state index contributed by atoms with van der Waals surface area (Å²) in [5, 5.41) is 5.20. The van der Waals surface area contributed by atoms with Crippen molar-refractivity contribution < 1.29 is 45.0 Å². The molecule has 0 spiro atoms. The van der Waals surface area contributed by atoms with E-state index in [1.807, 2.05) is 20.0 Å². The molecule has 0 aliphatic carbocycles. The summed E-state index contributed by atoms with van der Waals surface area (Å²) in [7, 11) is 1.93. The van der Waals surface area contributed by atoms with Crippen LogP contribution >= 0.6 is 0 Å². The highest BCUT2D eigenvalue weighted by molar-refractivity contribution is 5.91. The molecular weight excluding hydrogens is 573 g/mol. The third-order valence-corrected chi connectivity index (χ3v) is 5.84. The van der Waals surface area contributed by atoms with E-state index in [2.05, 4.69) is 17.4 Å². The molecule has 1 saturated heterocycles. The second kappa shape index (κ2) is 18.4. The van der Waals surface area contributed by atoms with Gasteiger partial charge in [-0.1, -0.05) is 24.2 Å². The Hall–Kier alpha value is -3.16. The fourth-order valence-electron chi connectivity index (χ4n) is 3.72. The smallest absolute Gasteiger partial charge is 0.381 e. The molecule has 0 amide bonds. The molecule has 1 unspecified atom stereocenters. The summed E-state index contributed by atoms with van der Waals surface area (Å²) >= 11 is 0. The number of ketones is 1. The third kappa shape index (κ3) is 14.1. The maximum absolute atomic E-state index is 12.9. The van der Waals surface area contributed by atoms with Crippen LogP contribution in [0.5, 0.6) is 0 Å². The van der Waals surface area contributed by atoms with E-state index in [0.717, 1.165) is 38.2 Å². The molecule has 0 saturated carbocycles. The van der Waals surface area contributed by atoms with Crippen LogP contribution in [0.3, 0.4) is 0 Å². The number of rotatable bonds is 4. The highest BCUT2D eigenvalue weighted by Gasteiger charge is 2.36. The van der Waals surface area contributed by atoms with E-state index in [1.54, 1.807) is 18.2 Å².